The molecule has 2 aromatic rings. The van der Waals surface area contributed by atoms with Gasteiger partial charge < -0.3 is 9.47 Å². The van der Waals surface area contributed by atoms with E-state index in [0.717, 1.165) is 41.1 Å². The van der Waals surface area contributed by atoms with Gasteiger partial charge >= 0.3 is 5.97 Å². The lowest BCUT2D eigenvalue weighted by molar-refractivity contribution is 0.0526. The summed E-state index contributed by atoms with van der Waals surface area (Å²) in [6.45, 7) is 2.20. The van der Waals surface area contributed by atoms with Crippen molar-refractivity contribution in [1.82, 2.24) is 0 Å². The number of para-hydroxylation sites is 1. The minimum absolute atomic E-state index is 0.260. The number of carbonyl (C=O) groups excluding carboxylic acids is 1. The molecule has 24 heavy (non-hydrogen) atoms. The summed E-state index contributed by atoms with van der Waals surface area (Å²) >= 11 is 1.61. The van der Waals surface area contributed by atoms with E-state index in [-0.39, 0.29) is 5.97 Å². The minimum atomic E-state index is -0.260. The van der Waals surface area contributed by atoms with Crippen molar-refractivity contribution < 1.29 is 14.3 Å². The molecule has 1 heterocycles. The number of carbonyl (C=O) groups is 1. The third-order valence-electron chi connectivity index (χ3n) is 4.09. The third-order valence-corrected chi connectivity index (χ3v) is 5.29. The Kier molecular flexibility index (Phi) is 5.30. The smallest absolute Gasteiger partial charge is 0.341 e. The van der Waals surface area contributed by atoms with Crippen molar-refractivity contribution >= 4 is 28.5 Å². The van der Waals surface area contributed by atoms with Crippen molar-refractivity contribution in [3.63, 3.8) is 0 Å². The highest BCUT2D eigenvalue weighted by Crippen LogP contribution is 2.40. The standard InChI is InChI=1S/C19H21NO3S/c1-3-23-19(21)17-14-9-5-7-11-16(14)24-18(17)20-12-13-8-4-6-10-15(13)22-2/h4,6,8,10,12H,3,5,7,9,11H2,1-2H3. The van der Waals surface area contributed by atoms with Crippen LogP contribution in [0.15, 0.2) is 29.3 Å². The summed E-state index contributed by atoms with van der Waals surface area (Å²) < 4.78 is 10.6. The molecule has 5 heteroatoms. The van der Waals surface area contributed by atoms with E-state index in [1.807, 2.05) is 31.2 Å². The van der Waals surface area contributed by atoms with Crippen LogP contribution < -0.4 is 4.74 Å². The molecule has 0 unspecified atom stereocenters. The second-order valence-electron chi connectivity index (χ2n) is 5.61. The average molecular weight is 343 g/mol. The summed E-state index contributed by atoms with van der Waals surface area (Å²) in [6, 6.07) is 7.70. The number of hydrogen-bond donors (Lipinski definition) is 0. The van der Waals surface area contributed by atoms with Crippen LogP contribution >= 0.6 is 11.3 Å². The number of thiophene rings is 1. The zero-order valence-electron chi connectivity index (χ0n) is 14.0. The summed E-state index contributed by atoms with van der Waals surface area (Å²) in [7, 11) is 1.64. The van der Waals surface area contributed by atoms with Gasteiger partial charge in [-0.2, -0.15) is 0 Å². The van der Waals surface area contributed by atoms with Gasteiger partial charge in [0.15, 0.2) is 0 Å². The molecule has 0 atom stereocenters. The molecule has 1 aromatic heterocycles. The van der Waals surface area contributed by atoms with E-state index < -0.39 is 0 Å². The second kappa shape index (κ2) is 7.62. The van der Waals surface area contributed by atoms with E-state index in [1.54, 1.807) is 24.7 Å². The summed E-state index contributed by atoms with van der Waals surface area (Å²) in [6.07, 6.45) is 6.01. The third kappa shape index (κ3) is 3.36. The van der Waals surface area contributed by atoms with Gasteiger partial charge in [0.2, 0.25) is 0 Å². The van der Waals surface area contributed by atoms with Crippen LogP contribution in [0, 0.1) is 0 Å². The number of fused-ring (bicyclic) bond motifs is 1. The fraction of sp³-hybridized carbons (Fsp3) is 0.368. The van der Waals surface area contributed by atoms with Crippen molar-refractivity contribution in [2.24, 2.45) is 4.99 Å². The monoisotopic (exact) mass is 343 g/mol. The molecule has 1 aromatic carbocycles. The maximum atomic E-state index is 12.4. The van der Waals surface area contributed by atoms with Gasteiger partial charge in [-0.05, 0) is 50.3 Å². The van der Waals surface area contributed by atoms with Crippen LogP contribution in [0.5, 0.6) is 5.75 Å². The molecule has 0 N–H and O–H groups in total. The van der Waals surface area contributed by atoms with Crippen LogP contribution in [0.2, 0.25) is 0 Å². The molecule has 1 aliphatic rings. The van der Waals surface area contributed by atoms with E-state index in [4.69, 9.17) is 9.47 Å². The number of hydrogen-bond acceptors (Lipinski definition) is 5. The Labute approximate surface area is 146 Å². The van der Waals surface area contributed by atoms with Gasteiger partial charge in [-0.15, -0.1) is 11.3 Å². The Morgan fingerprint density at radius 1 is 1.29 bits per heavy atom. The Morgan fingerprint density at radius 3 is 2.88 bits per heavy atom. The van der Waals surface area contributed by atoms with E-state index in [9.17, 15) is 4.79 Å². The Bertz CT molecular complexity index is 764. The molecular formula is C19H21NO3S. The predicted molar refractivity (Wildman–Crippen MR) is 97.2 cm³/mol. The molecule has 0 fully saturated rings. The minimum Gasteiger partial charge on any atom is -0.496 e. The van der Waals surface area contributed by atoms with Gasteiger partial charge in [0.1, 0.15) is 10.8 Å². The summed E-state index contributed by atoms with van der Waals surface area (Å²) in [5.74, 6) is 0.504. The zero-order valence-corrected chi connectivity index (χ0v) is 14.8. The molecule has 0 amide bonds. The Hall–Kier alpha value is -2.14. The first-order chi connectivity index (χ1) is 11.7. The number of ether oxygens (including phenoxy) is 2. The van der Waals surface area contributed by atoms with Gasteiger partial charge in [-0.1, -0.05) is 12.1 Å². The van der Waals surface area contributed by atoms with Crippen LogP contribution in [0.1, 0.15) is 46.1 Å². The van der Waals surface area contributed by atoms with Crippen LogP contribution in [-0.2, 0) is 17.6 Å². The first-order valence-electron chi connectivity index (χ1n) is 8.23. The first-order valence-corrected chi connectivity index (χ1v) is 9.05. The zero-order chi connectivity index (χ0) is 16.9. The molecule has 126 valence electrons. The second-order valence-corrected chi connectivity index (χ2v) is 6.70. The molecule has 0 bridgehead atoms. The van der Waals surface area contributed by atoms with Crippen LogP contribution in [0.25, 0.3) is 0 Å². The van der Waals surface area contributed by atoms with Gasteiger partial charge in [0.05, 0.1) is 19.3 Å². The lowest BCUT2D eigenvalue weighted by Gasteiger charge is -2.11. The molecule has 0 spiro atoms. The molecule has 4 nitrogen and oxygen atoms in total. The molecule has 0 saturated carbocycles. The molecule has 0 saturated heterocycles. The van der Waals surface area contributed by atoms with E-state index in [1.165, 1.54) is 11.3 Å². The summed E-state index contributed by atoms with van der Waals surface area (Å²) in [5.41, 5.74) is 2.68. The van der Waals surface area contributed by atoms with Crippen molar-refractivity contribution in [1.29, 1.82) is 0 Å². The largest absolute Gasteiger partial charge is 0.496 e. The molecule has 1 aliphatic carbocycles. The van der Waals surface area contributed by atoms with E-state index >= 15 is 0 Å². The number of benzene rings is 1. The number of nitrogens with zero attached hydrogens (tertiary/aromatic N) is 1. The van der Waals surface area contributed by atoms with Crippen molar-refractivity contribution in [2.45, 2.75) is 32.6 Å². The summed E-state index contributed by atoms with van der Waals surface area (Å²) in [5, 5.41) is 0.742. The van der Waals surface area contributed by atoms with E-state index in [2.05, 4.69) is 4.99 Å². The highest BCUT2D eigenvalue weighted by atomic mass is 32.1. The number of rotatable bonds is 5. The molecule has 0 aliphatic heterocycles. The van der Waals surface area contributed by atoms with Gasteiger partial charge in [-0.25, -0.2) is 9.79 Å². The molecule has 3 rings (SSSR count). The number of aryl methyl sites for hydroxylation is 1. The number of methoxy groups -OCH3 is 1. The lowest BCUT2D eigenvalue weighted by Crippen LogP contribution is -2.09. The van der Waals surface area contributed by atoms with Crippen molar-refractivity contribution in [3.8, 4) is 5.75 Å². The van der Waals surface area contributed by atoms with Gasteiger partial charge in [-0.3, -0.25) is 0 Å². The van der Waals surface area contributed by atoms with E-state index in [0.29, 0.717) is 12.2 Å². The first kappa shape index (κ1) is 16.7. The van der Waals surface area contributed by atoms with Crippen molar-refractivity contribution in [3.05, 3.63) is 45.8 Å². The van der Waals surface area contributed by atoms with Gasteiger partial charge in [0, 0.05) is 16.7 Å². The lowest BCUT2D eigenvalue weighted by atomic mass is 9.95. The number of esters is 1. The van der Waals surface area contributed by atoms with Crippen LogP contribution in [-0.4, -0.2) is 25.9 Å². The Morgan fingerprint density at radius 2 is 2.08 bits per heavy atom. The number of aliphatic imine (C=N–C) groups is 1. The highest BCUT2D eigenvalue weighted by molar-refractivity contribution is 7.16. The highest BCUT2D eigenvalue weighted by Gasteiger charge is 2.26. The quantitative estimate of drug-likeness (QED) is 0.590. The fourth-order valence-corrected chi connectivity index (χ4v) is 4.18. The normalized spacial score (nSPS) is 13.8. The van der Waals surface area contributed by atoms with Crippen molar-refractivity contribution in [2.75, 3.05) is 13.7 Å². The molecular weight excluding hydrogens is 322 g/mol. The molecule has 0 radical (unpaired) electrons. The maximum absolute atomic E-state index is 12.4. The Balaban J connectivity index is 1.99. The average Bonchev–Trinajstić information content (AvgIpc) is 2.98. The SMILES string of the molecule is CCOC(=O)c1c(N=Cc2ccccc2OC)sc2c1CCCC2. The summed E-state index contributed by atoms with van der Waals surface area (Å²) in [4.78, 5) is 18.3. The van der Waals surface area contributed by atoms with Gasteiger partial charge in [0.25, 0.3) is 0 Å². The fourth-order valence-electron chi connectivity index (χ4n) is 2.96. The van der Waals surface area contributed by atoms with Crippen LogP contribution in [0.4, 0.5) is 5.00 Å². The van der Waals surface area contributed by atoms with Crippen LogP contribution in [0.3, 0.4) is 0 Å². The maximum Gasteiger partial charge on any atom is 0.341 e. The topological polar surface area (TPSA) is 47.9 Å². The predicted octanol–water partition coefficient (Wildman–Crippen LogP) is 4.56.